The fourth-order valence-corrected chi connectivity index (χ4v) is 3.73. The van der Waals surface area contributed by atoms with Gasteiger partial charge in [-0.2, -0.15) is 0 Å². The molecule has 0 aliphatic heterocycles. The molecule has 31 heavy (non-hydrogen) atoms. The Labute approximate surface area is 188 Å². The highest BCUT2D eigenvalue weighted by molar-refractivity contribution is 5.94. The van der Waals surface area contributed by atoms with Crippen LogP contribution in [0.25, 0.3) is 0 Å². The zero-order valence-corrected chi connectivity index (χ0v) is 20.1. The van der Waals surface area contributed by atoms with Crippen LogP contribution in [0.2, 0.25) is 0 Å². The first-order chi connectivity index (χ1) is 14.9. The van der Waals surface area contributed by atoms with Crippen LogP contribution in [-0.4, -0.2) is 62.6 Å². The number of hydrogen-bond donors (Lipinski definition) is 0. The molecule has 170 valence electrons. The summed E-state index contributed by atoms with van der Waals surface area (Å²) in [5, 5.41) is 0. The number of hydrogen-bond acceptors (Lipinski definition) is 4. The third-order valence-electron chi connectivity index (χ3n) is 5.93. The molecule has 0 heterocycles. The summed E-state index contributed by atoms with van der Waals surface area (Å²) in [7, 11) is 5.71. The van der Waals surface area contributed by atoms with E-state index < -0.39 is 0 Å². The summed E-state index contributed by atoms with van der Waals surface area (Å²) in [5.41, 5.74) is 2.99. The number of ether oxygens (including phenoxy) is 1. The molecule has 1 amide bonds. The number of nitrogens with zero attached hydrogens (tertiary/aromatic N) is 3. The van der Waals surface area contributed by atoms with E-state index in [0.717, 1.165) is 49.5 Å². The van der Waals surface area contributed by atoms with Crippen LogP contribution in [0.5, 0.6) is 5.75 Å². The van der Waals surface area contributed by atoms with Crippen LogP contribution < -0.4 is 9.64 Å². The molecule has 0 spiro atoms. The third kappa shape index (κ3) is 7.28. The first kappa shape index (κ1) is 24.7. The smallest absolute Gasteiger partial charge is 0.254 e. The molecule has 0 aromatic heterocycles. The first-order valence-corrected chi connectivity index (χ1v) is 11.3. The maximum Gasteiger partial charge on any atom is 0.254 e. The Morgan fingerprint density at radius 3 is 2.10 bits per heavy atom. The van der Waals surface area contributed by atoms with Crippen molar-refractivity contribution in [3.05, 3.63) is 59.7 Å². The van der Waals surface area contributed by atoms with Gasteiger partial charge >= 0.3 is 0 Å². The quantitative estimate of drug-likeness (QED) is 0.484. The molecule has 0 bridgehead atoms. The fourth-order valence-electron chi connectivity index (χ4n) is 3.73. The monoisotopic (exact) mass is 425 g/mol. The molecular weight excluding hydrogens is 386 g/mol. The highest BCUT2D eigenvalue weighted by Gasteiger charge is 2.22. The predicted octanol–water partition coefficient (Wildman–Crippen LogP) is 4.91. The maximum absolute atomic E-state index is 13.4. The van der Waals surface area contributed by atoms with Gasteiger partial charge in [-0.05, 0) is 81.4 Å². The topological polar surface area (TPSA) is 36.0 Å². The fraction of sp³-hybridized carbons (Fsp3) is 0.500. The molecule has 1 unspecified atom stereocenters. The number of carbonyl (C=O) groups is 1. The molecule has 2 aromatic rings. The first-order valence-electron chi connectivity index (χ1n) is 11.3. The van der Waals surface area contributed by atoms with Gasteiger partial charge in [0.2, 0.25) is 0 Å². The van der Waals surface area contributed by atoms with Crippen molar-refractivity contribution < 1.29 is 9.53 Å². The van der Waals surface area contributed by atoms with Crippen molar-refractivity contribution in [1.82, 2.24) is 9.80 Å². The largest absolute Gasteiger partial charge is 0.497 e. The average Bonchev–Trinajstić information content (AvgIpc) is 2.80. The van der Waals surface area contributed by atoms with Crippen molar-refractivity contribution in [1.29, 1.82) is 0 Å². The number of methoxy groups -OCH3 is 1. The highest BCUT2D eigenvalue weighted by Crippen LogP contribution is 2.20. The zero-order valence-electron chi connectivity index (χ0n) is 20.1. The van der Waals surface area contributed by atoms with Crippen LogP contribution in [0.1, 0.15) is 49.5 Å². The molecule has 0 aliphatic carbocycles. The van der Waals surface area contributed by atoms with E-state index in [1.54, 1.807) is 7.11 Å². The predicted molar refractivity (Wildman–Crippen MR) is 130 cm³/mol. The Hall–Kier alpha value is -2.53. The molecule has 0 saturated heterocycles. The summed E-state index contributed by atoms with van der Waals surface area (Å²) in [6.07, 6.45) is 2.06. The summed E-state index contributed by atoms with van der Waals surface area (Å²) in [6.45, 7) is 10.4. The summed E-state index contributed by atoms with van der Waals surface area (Å²) in [4.78, 5) is 20.0. The lowest BCUT2D eigenvalue weighted by Crippen LogP contribution is -2.38. The molecular formula is C26H39N3O2. The second-order valence-electron chi connectivity index (χ2n) is 8.24. The van der Waals surface area contributed by atoms with Crippen LogP contribution in [-0.2, 0) is 6.54 Å². The summed E-state index contributed by atoms with van der Waals surface area (Å²) < 4.78 is 5.25. The lowest BCUT2D eigenvalue weighted by Gasteiger charge is -2.30. The van der Waals surface area contributed by atoms with Crippen LogP contribution in [0, 0.1) is 0 Å². The van der Waals surface area contributed by atoms with Crippen LogP contribution in [0.3, 0.4) is 0 Å². The third-order valence-corrected chi connectivity index (χ3v) is 5.93. The molecule has 5 heteroatoms. The maximum atomic E-state index is 13.4. The van der Waals surface area contributed by atoms with Gasteiger partial charge < -0.3 is 19.4 Å². The van der Waals surface area contributed by atoms with E-state index in [1.165, 1.54) is 0 Å². The van der Waals surface area contributed by atoms with Crippen molar-refractivity contribution in [2.45, 2.75) is 46.2 Å². The van der Waals surface area contributed by atoms with Gasteiger partial charge in [-0.25, -0.2) is 0 Å². The summed E-state index contributed by atoms with van der Waals surface area (Å²) in [6, 6.07) is 16.0. The van der Waals surface area contributed by atoms with Gasteiger partial charge in [-0.15, -0.1) is 0 Å². The standard InChI is InChI=1S/C26H39N3O2/c1-7-28(8-2)19-9-10-21(3)29(20-22-11-15-24(16-12-22)27(4)5)26(30)23-13-17-25(31-6)18-14-23/h11-18,21H,7-10,19-20H2,1-6H3. The molecule has 2 aromatic carbocycles. The van der Waals surface area contributed by atoms with Gasteiger partial charge in [-0.1, -0.05) is 26.0 Å². The van der Waals surface area contributed by atoms with E-state index in [1.807, 2.05) is 43.3 Å². The average molecular weight is 426 g/mol. The van der Waals surface area contributed by atoms with E-state index in [4.69, 9.17) is 4.74 Å². The van der Waals surface area contributed by atoms with Crippen molar-refractivity contribution in [2.24, 2.45) is 0 Å². The van der Waals surface area contributed by atoms with Crippen molar-refractivity contribution in [3.8, 4) is 5.75 Å². The van der Waals surface area contributed by atoms with Gasteiger partial charge in [0.15, 0.2) is 0 Å². The summed E-state index contributed by atoms with van der Waals surface area (Å²) >= 11 is 0. The Bertz CT molecular complexity index is 783. The molecule has 5 nitrogen and oxygen atoms in total. The number of carbonyl (C=O) groups excluding carboxylic acids is 1. The Morgan fingerprint density at radius 1 is 0.968 bits per heavy atom. The minimum Gasteiger partial charge on any atom is -0.497 e. The molecule has 0 N–H and O–H groups in total. The van der Waals surface area contributed by atoms with Gasteiger partial charge in [0.05, 0.1) is 7.11 Å². The van der Waals surface area contributed by atoms with Gasteiger partial charge in [0, 0.05) is 37.9 Å². The van der Waals surface area contributed by atoms with Crippen molar-refractivity contribution in [3.63, 3.8) is 0 Å². The molecule has 2 rings (SSSR count). The normalized spacial score (nSPS) is 12.0. The van der Waals surface area contributed by atoms with E-state index in [9.17, 15) is 4.79 Å². The highest BCUT2D eigenvalue weighted by atomic mass is 16.5. The minimum atomic E-state index is 0.0645. The molecule has 1 atom stereocenters. The Kier molecular flexibility index (Phi) is 9.86. The number of benzene rings is 2. The second kappa shape index (κ2) is 12.4. The van der Waals surface area contributed by atoms with Crippen LogP contribution >= 0.6 is 0 Å². The van der Waals surface area contributed by atoms with Crippen LogP contribution in [0.4, 0.5) is 5.69 Å². The van der Waals surface area contributed by atoms with Crippen molar-refractivity contribution >= 4 is 11.6 Å². The van der Waals surface area contributed by atoms with Gasteiger partial charge in [0.1, 0.15) is 5.75 Å². The van der Waals surface area contributed by atoms with E-state index in [2.05, 4.69) is 54.8 Å². The second-order valence-corrected chi connectivity index (χ2v) is 8.24. The Balaban J connectivity index is 2.17. The van der Waals surface area contributed by atoms with E-state index in [-0.39, 0.29) is 11.9 Å². The van der Waals surface area contributed by atoms with Crippen LogP contribution in [0.15, 0.2) is 48.5 Å². The SMILES string of the molecule is CCN(CC)CCCC(C)N(Cc1ccc(N(C)C)cc1)C(=O)c1ccc(OC)cc1. The lowest BCUT2D eigenvalue weighted by molar-refractivity contribution is 0.0662. The molecule has 0 fully saturated rings. The molecule has 0 aliphatic rings. The zero-order chi connectivity index (χ0) is 22.8. The van der Waals surface area contributed by atoms with Gasteiger partial charge in [-0.3, -0.25) is 4.79 Å². The van der Waals surface area contributed by atoms with Crippen molar-refractivity contribution in [2.75, 3.05) is 45.7 Å². The Morgan fingerprint density at radius 2 is 1.58 bits per heavy atom. The molecule has 0 radical (unpaired) electrons. The van der Waals surface area contributed by atoms with E-state index >= 15 is 0 Å². The number of rotatable bonds is 12. The molecule has 0 saturated carbocycles. The van der Waals surface area contributed by atoms with Gasteiger partial charge in [0.25, 0.3) is 5.91 Å². The minimum absolute atomic E-state index is 0.0645. The van der Waals surface area contributed by atoms with E-state index in [0.29, 0.717) is 12.1 Å². The lowest BCUT2D eigenvalue weighted by atomic mass is 10.1. The number of amides is 1. The number of anilines is 1. The summed E-state index contributed by atoms with van der Waals surface area (Å²) in [5.74, 6) is 0.823.